The minimum Gasteiger partial charge on any atom is -0.383 e. The van der Waals surface area contributed by atoms with E-state index in [1.807, 2.05) is 20.8 Å². The molecule has 1 aromatic heterocycles. The van der Waals surface area contributed by atoms with Crippen LogP contribution in [-0.4, -0.2) is 35.5 Å². The molecule has 2 rings (SSSR count). The number of amides is 1. The summed E-state index contributed by atoms with van der Waals surface area (Å²) < 4.78 is 0. The van der Waals surface area contributed by atoms with Crippen molar-refractivity contribution in [3.63, 3.8) is 0 Å². The zero-order valence-electron chi connectivity index (χ0n) is 12.6. The molecule has 6 nitrogen and oxygen atoms in total. The maximum Gasteiger partial charge on any atom is 0.242 e. The van der Waals surface area contributed by atoms with Gasteiger partial charge in [0.1, 0.15) is 23.5 Å². The number of carbonyl (C=O) groups excluding carboxylic acids is 1. The first-order chi connectivity index (χ1) is 9.45. The van der Waals surface area contributed by atoms with Crippen LogP contribution in [0, 0.1) is 6.92 Å². The van der Waals surface area contributed by atoms with E-state index in [0.29, 0.717) is 5.82 Å². The maximum atomic E-state index is 12.0. The topological polar surface area (TPSA) is 84.1 Å². The summed E-state index contributed by atoms with van der Waals surface area (Å²) in [4.78, 5) is 23.0. The number of nitrogens with two attached hydrogens (primary N) is 1. The van der Waals surface area contributed by atoms with Crippen LogP contribution in [0.4, 0.5) is 11.6 Å². The second-order valence-electron chi connectivity index (χ2n) is 5.54. The van der Waals surface area contributed by atoms with Gasteiger partial charge in [-0.1, -0.05) is 13.8 Å². The quantitative estimate of drug-likeness (QED) is 0.867. The van der Waals surface area contributed by atoms with Crippen molar-refractivity contribution in [3.05, 3.63) is 11.4 Å². The predicted molar refractivity (Wildman–Crippen MR) is 79.7 cm³/mol. The fourth-order valence-corrected chi connectivity index (χ4v) is 2.54. The first kappa shape index (κ1) is 14.6. The first-order valence-electron chi connectivity index (χ1n) is 7.08. The lowest BCUT2D eigenvalue weighted by Crippen LogP contribution is -2.42. The SMILES string of the molecule is CNC(=O)C1CCCN1c1nc(C(C)C)nc(N)c1C. The molecule has 0 radical (unpaired) electrons. The number of carbonyl (C=O) groups is 1. The van der Waals surface area contributed by atoms with Crippen molar-refractivity contribution in [2.75, 3.05) is 24.2 Å². The molecule has 1 fully saturated rings. The third-order valence-corrected chi connectivity index (χ3v) is 3.77. The van der Waals surface area contributed by atoms with Crippen LogP contribution in [0.15, 0.2) is 0 Å². The molecule has 0 aromatic carbocycles. The Morgan fingerprint density at radius 2 is 2.15 bits per heavy atom. The van der Waals surface area contributed by atoms with Gasteiger partial charge in [0, 0.05) is 25.1 Å². The number of nitrogens with zero attached hydrogens (tertiary/aromatic N) is 3. The molecule has 1 unspecified atom stereocenters. The third kappa shape index (κ3) is 2.55. The zero-order valence-corrected chi connectivity index (χ0v) is 12.6. The summed E-state index contributed by atoms with van der Waals surface area (Å²) in [5.74, 6) is 2.27. The van der Waals surface area contributed by atoms with E-state index >= 15 is 0 Å². The summed E-state index contributed by atoms with van der Waals surface area (Å²) >= 11 is 0. The number of aromatic nitrogens is 2. The van der Waals surface area contributed by atoms with Crippen LogP contribution in [0.1, 0.15) is 44.0 Å². The van der Waals surface area contributed by atoms with Gasteiger partial charge in [-0.3, -0.25) is 4.79 Å². The summed E-state index contributed by atoms with van der Waals surface area (Å²) in [6.45, 7) is 6.81. The molecule has 1 aliphatic heterocycles. The molecule has 1 aromatic rings. The average molecular weight is 277 g/mol. The van der Waals surface area contributed by atoms with E-state index in [1.165, 1.54) is 0 Å². The normalized spacial score (nSPS) is 18.6. The highest BCUT2D eigenvalue weighted by atomic mass is 16.2. The Kier molecular flexibility index (Phi) is 4.11. The molecule has 1 amide bonds. The Balaban J connectivity index is 2.43. The van der Waals surface area contributed by atoms with Crippen LogP contribution in [0.25, 0.3) is 0 Å². The van der Waals surface area contributed by atoms with Gasteiger partial charge in [-0.2, -0.15) is 0 Å². The number of hydrogen-bond acceptors (Lipinski definition) is 5. The number of anilines is 2. The second-order valence-corrected chi connectivity index (χ2v) is 5.54. The number of nitrogen functional groups attached to an aromatic ring is 1. The van der Waals surface area contributed by atoms with Crippen molar-refractivity contribution in [2.45, 2.75) is 45.6 Å². The van der Waals surface area contributed by atoms with E-state index in [0.717, 1.165) is 36.6 Å². The minimum absolute atomic E-state index is 0.0326. The Hall–Kier alpha value is -1.85. The summed E-state index contributed by atoms with van der Waals surface area (Å²) in [7, 11) is 1.67. The lowest BCUT2D eigenvalue weighted by molar-refractivity contribution is -0.121. The number of nitrogens with one attached hydrogen (secondary N) is 1. The molecule has 0 spiro atoms. The van der Waals surface area contributed by atoms with E-state index in [-0.39, 0.29) is 17.9 Å². The van der Waals surface area contributed by atoms with Crippen molar-refractivity contribution in [1.82, 2.24) is 15.3 Å². The number of likely N-dealkylation sites (N-methyl/N-ethyl adjacent to an activating group) is 1. The monoisotopic (exact) mass is 277 g/mol. The highest BCUT2D eigenvalue weighted by Crippen LogP contribution is 2.30. The molecule has 110 valence electrons. The van der Waals surface area contributed by atoms with Crippen LogP contribution in [-0.2, 0) is 4.79 Å². The van der Waals surface area contributed by atoms with Crippen LogP contribution in [0.5, 0.6) is 0 Å². The van der Waals surface area contributed by atoms with Gasteiger partial charge in [0.05, 0.1) is 0 Å². The number of rotatable bonds is 3. The molecular weight excluding hydrogens is 254 g/mol. The summed E-state index contributed by atoms with van der Waals surface area (Å²) in [6.07, 6.45) is 1.83. The van der Waals surface area contributed by atoms with Crippen molar-refractivity contribution >= 4 is 17.5 Å². The Bertz CT molecular complexity index is 515. The van der Waals surface area contributed by atoms with E-state index in [4.69, 9.17) is 5.73 Å². The Morgan fingerprint density at radius 1 is 1.45 bits per heavy atom. The molecule has 6 heteroatoms. The van der Waals surface area contributed by atoms with Crippen molar-refractivity contribution in [3.8, 4) is 0 Å². The van der Waals surface area contributed by atoms with Gasteiger partial charge in [0.15, 0.2) is 0 Å². The highest BCUT2D eigenvalue weighted by Gasteiger charge is 2.32. The van der Waals surface area contributed by atoms with Crippen molar-refractivity contribution in [2.24, 2.45) is 0 Å². The van der Waals surface area contributed by atoms with Crippen LogP contribution in [0.3, 0.4) is 0 Å². The van der Waals surface area contributed by atoms with Gasteiger partial charge in [0.25, 0.3) is 0 Å². The van der Waals surface area contributed by atoms with E-state index in [9.17, 15) is 4.79 Å². The Morgan fingerprint density at radius 3 is 2.75 bits per heavy atom. The molecule has 0 saturated carbocycles. The smallest absolute Gasteiger partial charge is 0.242 e. The summed E-state index contributed by atoms with van der Waals surface area (Å²) in [5.41, 5.74) is 6.85. The number of hydrogen-bond donors (Lipinski definition) is 2. The van der Waals surface area contributed by atoms with Gasteiger partial charge in [-0.15, -0.1) is 0 Å². The van der Waals surface area contributed by atoms with Gasteiger partial charge < -0.3 is 16.0 Å². The second kappa shape index (κ2) is 5.64. The Labute approximate surface area is 119 Å². The fourth-order valence-electron chi connectivity index (χ4n) is 2.54. The molecule has 0 aliphatic carbocycles. The fraction of sp³-hybridized carbons (Fsp3) is 0.643. The average Bonchev–Trinajstić information content (AvgIpc) is 2.89. The summed E-state index contributed by atoms with van der Waals surface area (Å²) in [6, 6.07) is -0.159. The van der Waals surface area contributed by atoms with Crippen LogP contribution in [0.2, 0.25) is 0 Å². The maximum absolute atomic E-state index is 12.0. The molecule has 0 bridgehead atoms. The van der Waals surface area contributed by atoms with Crippen molar-refractivity contribution in [1.29, 1.82) is 0 Å². The molecule has 2 heterocycles. The minimum atomic E-state index is -0.159. The van der Waals surface area contributed by atoms with Gasteiger partial charge in [-0.25, -0.2) is 9.97 Å². The molecule has 3 N–H and O–H groups in total. The van der Waals surface area contributed by atoms with Crippen LogP contribution >= 0.6 is 0 Å². The summed E-state index contributed by atoms with van der Waals surface area (Å²) in [5, 5.41) is 2.72. The lowest BCUT2D eigenvalue weighted by Gasteiger charge is -2.26. The highest BCUT2D eigenvalue weighted by molar-refractivity contribution is 5.85. The molecule has 1 aliphatic rings. The van der Waals surface area contributed by atoms with Gasteiger partial charge in [-0.05, 0) is 19.8 Å². The van der Waals surface area contributed by atoms with E-state index < -0.39 is 0 Å². The predicted octanol–water partition coefficient (Wildman–Crippen LogP) is 1.21. The standard InChI is InChI=1S/C14H23N5O/c1-8(2)12-17-11(15)9(3)13(18-12)19-7-5-6-10(19)14(20)16-4/h8,10H,5-7H2,1-4H3,(H,16,20)(H2,15,17,18). The molecular formula is C14H23N5O. The van der Waals surface area contributed by atoms with Crippen molar-refractivity contribution < 1.29 is 4.79 Å². The largest absolute Gasteiger partial charge is 0.383 e. The van der Waals surface area contributed by atoms with E-state index in [2.05, 4.69) is 20.2 Å². The van der Waals surface area contributed by atoms with Gasteiger partial charge >= 0.3 is 0 Å². The molecule has 20 heavy (non-hydrogen) atoms. The zero-order chi connectivity index (χ0) is 14.9. The first-order valence-corrected chi connectivity index (χ1v) is 7.08. The lowest BCUT2D eigenvalue weighted by atomic mass is 10.1. The third-order valence-electron chi connectivity index (χ3n) is 3.77. The van der Waals surface area contributed by atoms with Gasteiger partial charge in [0.2, 0.25) is 5.91 Å². The molecule has 1 saturated heterocycles. The van der Waals surface area contributed by atoms with E-state index in [1.54, 1.807) is 7.05 Å². The van der Waals surface area contributed by atoms with Crippen LogP contribution < -0.4 is 16.0 Å². The molecule has 1 atom stereocenters.